The van der Waals surface area contributed by atoms with Gasteiger partial charge in [-0.3, -0.25) is 0 Å². The minimum Gasteiger partial charge on any atom is -0.477 e. The predicted molar refractivity (Wildman–Crippen MR) is 76.0 cm³/mol. The predicted octanol–water partition coefficient (Wildman–Crippen LogP) is 1.84. The highest BCUT2D eigenvalue weighted by molar-refractivity contribution is 7.09. The van der Waals surface area contributed by atoms with E-state index in [-0.39, 0.29) is 11.4 Å². The molecule has 0 radical (unpaired) electrons. The Labute approximate surface area is 120 Å². The zero-order chi connectivity index (χ0) is 14.5. The highest BCUT2D eigenvalue weighted by Gasteiger charge is 2.15. The number of anilines is 1. The van der Waals surface area contributed by atoms with E-state index in [0.29, 0.717) is 18.7 Å². The molecule has 2 heterocycles. The van der Waals surface area contributed by atoms with Crippen molar-refractivity contribution < 1.29 is 14.3 Å². The van der Waals surface area contributed by atoms with Crippen LogP contribution in [0.4, 0.5) is 5.69 Å². The molecule has 0 aliphatic rings. The number of carbonyl (C=O) groups excluding carboxylic acids is 1. The van der Waals surface area contributed by atoms with Crippen molar-refractivity contribution in [2.75, 3.05) is 19.5 Å². The summed E-state index contributed by atoms with van der Waals surface area (Å²) in [7, 11) is 1.30. The number of hydrogen-bond acceptors (Lipinski definition) is 7. The van der Waals surface area contributed by atoms with Gasteiger partial charge in [-0.15, -0.1) is 11.3 Å². The normalized spacial score (nSPS) is 10.3. The SMILES string of the molecule is COC(=O)c1cc(N)cnc1OCCc1scnc1C. The fourth-order valence-electron chi connectivity index (χ4n) is 1.65. The van der Waals surface area contributed by atoms with Gasteiger partial charge in [-0.25, -0.2) is 14.8 Å². The quantitative estimate of drug-likeness (QED) is 0.846. The molecule has 0 saturated carbocycles. The second-order valence-electron chi connectivity index (χ2n) is 4.07. The number of pyridine rings is 1. The van der Waals surface area contributed by atoms with Gasteiger partial charge in [0.15, 0.2) is 0 Å². The minimum absolute atomic E-state index is 0.230. The summed E-state index contributed by atoms with van der Waals surface area (Å²) in [5.74, 6) is -0.290. The van der Waals surface area contributed by atoms with Crippen molar-refractivity contribution in [3.8, 4) is 5.88 Å². The summed E-state index contributed by atoms with van der Waals surface area (Å²) in [5, 5.41) is 0. The molecule has 0 amide bonds. The molecule has 0 saturated heterocycles. The number of nitrogen functional groups attached to an aromatic ring is 1. The van der Waals surface area contributed by atoms with Crippen LogP contribution in [0, 0.1) is 6.92 Å². The number of nitrogens with zero attached hydrogens (tertiary/aromatic N) is 2. The van der Waals surface area contributed by atoms with Crippen LogP contribution < -0.4 is 10.5 Å². The Bertz CT molecular complexity index is 613. The number of nitrogens with two attached hydrogens (primary N) is 1. The lowest BCUT2D eigenvalue weighted by Gasteiger charge is -2.09. The van der Waals surface area contributed by atoms with Gasteiger partial charge in [0, 0.05) is 11.3 Å². The third-order valence-electron chi connectivity index (χ3n) is 2.69. The van der Waals surface area contributed by atoms with Crippen LogP contribution in [0.2, 0.25) is 0 Å². The van der Waals surface area contributed by atoms with Gasteiger partial charge in [0.1, 0.15) is 5.56 Å². The zero-order valence-corrected chi connectivity index (χ0v) is 12.1. The summed E-state index contributed by atoms with van der Waals surface area (Å²) in [4.78, 5) is 21.0. The van der Waals surface area contributed by atoms with Crippen molar-refractivity contribution in [3.05, 3.63) is 33.9 Å². The molecule has 0 unspecified atom stereocenters. The van der Waals surface area contributed by atoms with Gasteiger partial charge in [-0.1, -0.05) is 0 Å². The van der Waals surface area contributed by atoms with Crippen molar-refractivity contribution in [2.45, 2.75) is 13.3 Å². The maximum absolute atomic E-state index is 11.6. The Morgan fingerprint density at radius 2 is 2.25 bits per heavy atom. The van der Waals surface area contributed by atoms with Crippen LogP contribution in [0.1, 0.15) is 20.9 Å². The first-order valence-electron chi connectivity index (χ1n) is 5.97. The number of thiazole rings is 1. The van der Waals surface area contributed by atoms with E-state index in [9.17, 15) is 4.79 Å². The Morgan fingerprint density at radius 3 is 2.90 bits per heavy atom. The van der Waals surface area contributed by atoms with Crippen LogP contribution in [0.3, 0.4) is 0 Å². The summed E-state index contributed by atoms with van der Waals surface area (Å²) in [6.07, 6.45) is 2.16. The lowest BCUT2D eigenvalue weighted by atomic mass is 10.2. The highest BCUT2D eigenvalue weighted by atomic mass is 32.1. The summed E-state index contributed by atoms with van der Waals surface area (Å²) in [5.41, 5.74) is 9.02. The highest BCUT2D eigenvalue weighted by Crippen LogP contribution is 2.20. The van der Waals surface area contributed by atoms with Crippen LogP contribution in [0.5, 0.6) is 5.88 Å². The Hall–Kier alpha value is -2.15. The number of carbonyl (C=O) groups is 1. The van der Waals surface area contributed by atoms with Gasteiger partial charge in [0.25, 0.3) is 0 Å². The number of ether oxygens (including phenoxy) is 2. The average molecular weight is 293 g/mol. The molecule has 0 spiro atoms. The maximum Gasteiger partial charge on any atom is 0.343 e. The van der Waals surface area contributed by atoms with Gasteiger partial charge in [0.05, 0.1) is 36.8 Å². The Kier molecular flexibility index (Phi) is 4.52. The number of aryl methyl sites for hydroxylation is 1. The van der Waals surface area contributed by atoms with E-state index in [0.717, 1.165) is 10.6 Å². The molecular weight excluding hydrogens is 278 g/mol. The largest absolute Gasteiger partial charge is 0.477 e. The lowest BCUT2D eigenvalue weighted by molar-refractivity contribution is 0.0595. The summed E-state index contributed by atoms with van der Waals surface area (Å²) < 4.78 is 10.2. The molecule has 2 rings (SSSR count). The van der Waals surface area contributed by atoms with Crippen molar-refractivity contribution in [2.24, 2.45) is 0 Å². The summed E-state index contributed by atoms with van der Waals surface area (Å²) >= 11 is 1.58. The molecule has 6 nitrogen and oxygen atoms in total. The number of hydrogen-bond donors (Lipinski definition) is 1. The monoisotopic (exact) mass is 293 g/mol. The van der Waals surface area contributed by atoms with Crippen LogP contribution in [0.15, 0.2) is 17.8 Å². The first kappa shape index (κ1) is 14.3. The van der Waals surface area contributed by atoms with Gasteiger partial charge < -0.3 is 15.2 Å². The maximum atomic E-state index is 11.6. The van der Waals surface area contributed by atoms with Crippen molar-refractivity contribution in [3.63, 3.8) is 0 Å². The Balaban J connectivity index is 2.05. The van der Waals surface area contributed by atoms with Crippen molar-refractivity contribution in [1.29, 1.82) is 0 Å². The van der Waals surface area contributed by atoms with E-state index in [1.165, 1.54) is 19.4 Å². The van der Waals surface area contributed by atoms with Crippen LogP contribution in [-0.4, -0.2) is 29.7 Å². The van der Waals surface area contributed by atoms with Crippen molar-refractivity contribution >= 4 is 23.0 Å². The van der Waals surface area contributed by atoms with Gasteiger partial charge in [0.2, 0.25) is 5.88 Å². The number of esters is 1. The number of aromatic nitrogens is 2. The van der Waals surface area contributed by atoms with Gasteiger partial charge in [-0.2, -0.15) is 0 Å². The van der Waals surface area contributed by atoms with Crippen LogP contribution in [-0.2, 0) is 11.2 Å². The fraction of sp³-hybridized carbons (Fsp3) is 0.308. The first-order valence-corrected chi connectivity index (χ1v) is 6.85. The topological polar surface area (TPSA) is 87.3 Å². The smallest absolute Gasteiger partial charge is 0.343 e. The van der Waals surface area contributed by atoms with Gasteiger partial charge >= 0.3 is 5.97 Å². The van der Waals surface area contributed by atoms with E-state index < -0.39 is 5.97 Å². The third-order valence-corrected chi connectivity index (χ3v) is 3.69. The van der Waals surface area contributed by atoms with Crippen LogP contribution in [0.25, 0.3) is 0 Å². The molecule has 2 N–H and O–H groups in total. The molecule has 0 fully saturated rings. The molecule has 0 aliphatic heterocycles. The van der Waals surface area contributed by atoms with E-state index in [2.05, 4.69) is 14.7 Å². The molecule has 106 valence electrons. The van der Waals surface area contributed by atoms with E-state index >= 15 is 0 Å². The third kappa shape index (κ3) is 3.24. The molecule has 2 aromatic heterocycles. The van der Waals surface area contributed by atoms with E-state index in [1.807, 2.05) is 6.92 Å². The molecule has 0 aromatic carbocycles. The molecule has 0 bridgehead atoms. The molecule has 7 heteroatoms. The standard InChI is InChI=1S/C13H15N3O3S/c1-8-11(20-7-16-8)3-4-19-12-10(13(17)18-2)5-9(14)6-15-12/h5-7H,3-4,14H2,1-2H3. The van der Waals surface area contributed by atoms with Crippen LogP contribution >= 0.6 is 11.3 Å². The van der Waals surface area contributed by atoms with E-state index in [4.69, 9.17) is 10.5 Å². The molecule has 2 aromatic rings. The summed E-state index contributed by atoms with van der Waals surface area (Å²) in [6, 6.07) is 1.49. The lowest BCUT2D eigenvalue weighted by Crippen LogP contribution is -2.10. The van der Waals surface area contributed by atoms with E-state index in [1.54, 1.807) is 16.8 Å². The second-order valence-corrected chi connectivity index (χ2v) is 5.01. The molecule has 20 heavy (non-hydrogen) atoms. The second kappa shape index (κ2) is 6.33. The average Bonchev–Trinajstić information content (AvgIpc) is 2.85. The fourth-order valence-corrected chi connectivity index (χ4v) is 2.41. The number of rotatable bonds is 5. The number of methoxy groups -OCH3 is 1. The molecular formula is C13H15N3O3S. The first-order chi connectivity index (χ1) is 9.61. The van der Waals surface area contributed by atoms with Crippen molar-refractivity contribution in [1.82, 2.24) is 9.97 Å². The zero-order valence-electron chi connectivity index (χ0n) is 11.3. The summed E-state index contributed by atoms with van der Waals surface area (Å²) in [6.45, 7) is 2.36. The van der Waals surface area contributed by atoms with Gasteiger partial charge in [-0.05, 0) is 13.0 Å². The minimum atomic E-state index is -0.520. The molecule has 0 aliphatic carbocycles. The Morgan fingerprint density at radius 1 is 1.45 bits per heavy atom. The molecule has 0 atom stereocenters.